The maximum absolute atomic E-state index is 2.53. The molecule has 0 aliphatic carbocycles. The van der Waals surface area contributed by atoms with Gasteiger partial charge in [0.2, 0.25) is 0 Å². The minimum absolute atomic E-state index is 0.00568. The second kappa shape index (κ2) is 29.7. The predicted molar refractivity (Wildman–Crippen MR) is 621 cm³/mol. The molecule has 0 saturated heterocycles. The summed E-state index contributed by atoms with van der Waals surface area (Å²) < 4.78 is 0. The molecule has 0 aromatic heterocycles. The molecule has 0 heteroatoms. The van der Waals surface area contributed by atoms with Gasteiger partial charge in [-0.05, 0) is 440 Å². The van der Waals surface area contributed by atoms with Crippen LogP contribution in [0.3, 0.4) is 0 Å². The highest BCUT2D eigenvalue weighted by molar-refractivity contribution is 6.45. The third-order valence-corrected chi connectivity index (χ3v) is 32.9. The lowest BCUT2D eigenvalue weighted by molar-refractivity contribution is 0.590. The Labute approximate surface area is 821 Å². The van der Waals surface area contributed by atoms with Gasteiger partial charge >= 0.3 is 0 Å². The molecule has 662 valence electrons. The first-order valence-corrected chi connectivity index (χ1v) is 50.4. The fraction of sp³-hybridized carbons (Fsp3) is 0.0704. The van der Waals surface area contributed by atoms with Crippen LogP contribution in [0.4, 0.5) is 0 Å². The van der Waals surface area contributed by atoms with E-state index in [4.69, 9.17) is 0 Å². The molecule has 32 aromatic carbocycles. The van der Waals surface area contributed by atoms with E-state index in [-0.39, 0.29) is 10.8 Å². The van der Waals surface area contributed by atoms with Crippen LogP contribution in [-0.2, 0) is 10.8 Å². The molecule has 0 bridgehead atoms. The molecule has 32 aromatic rings. The van der Waals surface area contributed by atoms with Gasteiger partial charge in [0.15, 0.2) is 0 Å². The molecule has 0 amide bonds. The minimum Gasteiger partial charge on any atom is -0.0622 e. The van der Waals surface area contributed by atoms with E-state index in [9.17, 15) is 0 Å². The molecule has 0 radical (unpaired) electrons. The molecule has 0 unspecified atom stereocenters. The number of hydrogen-bond donors (Lipinski definition) is 0. The summed E-state index contributed by atoms with van der Waals surface area (Å²) in [6.07, 6.45) is 0. The highest BCUT2D eigenvalue weighted by Gasteiger charge is 2.30. The van der Waals surface area contributed by atoms with Gasteiger partial charge in [-0.25, -0.2) is 0 Å². The lowest BCUT2D eigenvalue weighted by Crippen LogP contribution is -2.11. The van der Waals surface area contributed by atoms with Crippen molar-refractivity contribution in [3.8, 4) is 55.6 Å². The first-order chi connectivity index (χ1) is 69.5. The predicted octanol–water partition coefficient (Wildman–Crippen LogP) is 40.9. The highest BCUT2D eigenvalue weighted by Crippen LogP contribution is 2.56. The van der Waals surface area contributed by atoms with E-state index < -0.39 is 0 Å². The van der Waals surface area contributed by atoms with Gasteiger partial charge in [-0.15, -0.1) is 0 Å². The van der Waals surface area contributed by atoms with E-state index >= 15 is 0 Å². The zero-order valence-corrected chi connectivity index (χ0v) is 80.4. The first-order valence-electron chi connectivity index (χ1n) is 50.4. The molecule has 32 rings (SSSR count). The summed E-state index contributed by atoms with van der Waals surface area (Å²) in [4.78, 5) is 0. The summed E-state index contributed by atoms with van der Waals surface area (Å²) in [5.74, 6) is 0. The van der Waals surface area contributed by atoms with Gasteiger partial charge in [0.1, 0.15) is 0 Å². The molecule has 142 heavy (non-hydrogen) atoms. The molecule has 0 nitrogen and oxygen atoms in total. The van der Waals surface area contributed by atoms with Crippen molar-refractivity contribution in [3.05, 3.63) is 447 Å². The van der Waals surface area contributed by atoms with E-state index in [1.165, 1.54) is 336 Å². The smallest absolute Gasteiger partial charge is 0.00195 e. The molecular formula is C142H94. The Bertz CT molecular complexity index is 11000. The topological polar surface area (TPSA) is 0 Å². The molecular weight excluding hydrogens is 1710 g/mol. The maximum Gasteiger partial charge on any atom is -0.00195 e. The summed E-state index contributed by atoms with van der Waals surface area (Å²) in [6, 6.07) is 161. The number of rotatable bonds is 5. The van der Waals surface area contributed by atoms with Crippen molar-refractivity contribution in [2.24, 2.45) is 0 Å². The Morgan fingerprint density at radius 3 is 0.768 bits per heavy atom. The first kappa shape index (κ1) is 80.9. The largest absolute Gasteiger partial charge is 0.0622 e. The second-order valence-electron chi connectivity index (χ2n) is 42.6. The average Bonchev–Trinajstić information content (AvgIpc) is 1.42. The summed E-state index contributed by atoms with van der Waals surface area (Å²) in [7, 11) is 0. The van der Waals surface area contributed by atoms with Gasteiger partial charge in [0.25, 0.3) is 0 Å². The zero-order chi connectivity index (χ0) is 94.3. The minimum atomic E-state index is -0.00568. The number of hydrogen-bond acceptors (Lipinski definition) is 0. The number of benzene rings is 26. The van der Waals surface area contributed by atoms with E-state index in [1.54, 1.807) is 0 Å². The summed E-state index contributed by atoms with van der Waals surface area (Å²) >= 11 is 0. The molecule has 0 aliphatic heterocycles. The van der Waals surface area contributed by atoms with Crippen molar-refractivity contribution in [1.29, 1.82) is 0 Å². The van der Waals surface area contributed by atoms with Crippen molar-refractivity contribution < 1.29 is 0 Å². The van der Waals surface area contributed by atoms with Gasteiger partial charge in [0, 0.05) is 0 Å². The van der Waals surface area contributed by atoms with Crippen LogP contribution in [-0.4, -0.2) is 0 Å². The third-order valence-electron chi connectivity index (χ3n) is 32.9. The van der Waals surface area contributed by atoms with Crippen LogP contribution in [0.5, 0.6) is 0 Å². The number of fused-ring (bicyclic) bond motifs is 30. The third kappa shape index (κ3) is 11.5. The molecule has 0 spiro atoms. The molecule has 0 saturated carbocycles. The Morgan fingerprint density at radius 2 is 0.387 bits per heavy atom. The standard InChI is InChI=1S/C54H42.C46H26.C42H26/c1-53(2,3)34-22-20-31(21-23-34)36-25-24-35(54(4,5)6)28-45(36)47-27-33-26-44-40-16-9-12-32-13-10-17-41(50(32)40)46(44)29-43(33)49-30-48-38-15-8-7-14-37(38)39-18-11-19-42(51(39)48)52(47)49;1-2-11-27(12-3-1)30-15-4-5-16-31(30)41-24-29-23-39-35-19-8-13-28-14-9-20-36(44(28)35)40(39)25-38(29)43-26-42-33-18-7-6-17-32(33)34-21-10-22-37(45(34)42)46(41)43;1-23-9-5-10-24(2)39(23)38-20-26-19-34-30-15-6-11-25-12-7-16-31(40(25)30)35(34)21-33(26)37-22-36-28-14-4-3-13-27(28)29-17-8-18-32(41(29)36)42(37)38/h7-30H,1-6H3;1-26H;3-22H,1-2H3. The average molecular weight is 1800 g/mol. The Hall–Kier alpha value is -17.2. The summed E-state index contributed by atoms with van der Waals surface area (Å²) in [5.41, 5.74) is 18.3. The Morgan fingerprint density at radius 1 is 0.127 bits per heavy atom. The lowest BCUT2D eigenvalue weighted by atomic mass is 9.80. The van der Waals surface area contributed by atoms with E-state index in [2.05, 4.69) is 480 Å². The van der Waals surface area contributed by atoms with Crippen molar-refractivity contribution in [3.63, 3.8) is 0 Å². The summed E-state index contributed by atoms with van der Waals surface area (Å²) in [5, 5.41) is 64.2. The lowest BCUT2D eigenvalue weighted by Gasteiger charge is -2.24. The quantitative estimate of drug-likeness (QED) is 0.151. The van der Waals surface area contributed by atoms with Crippen LogP contribution >= 0.6 is 0 Å². The second-order valence-corrected chi connectivity index (χ2v) is 42.6. The van der Waals surface area contributed by atoms with E-state index in [1.807, 2.05) is 0 Å². The van der Waals surface area contributed by atoms with Gasteiger partial charge in [0.05, 0.1) is 0 Å². The van der Waals surface area contributed by atoms with Crippen LogP contribution in [0.2, 0.25) is 0 Å². The van der Waals surface area contributed by atoms with E-state index in [0.717, 1.165) is 0 Å². The Balaban J connectivity index is 0.000000100. The molecule has 0 aliphatic rings. The van der Waals surface area contributed by atoms with Gasteiger partial charge in [-0.2, -0.15) is 0 Å². The van der Waals surface area contributed by atoms with Gasteiger partial charge in [-0.3, -0.25) is 0 Å². The molecule has 0 atom stereocenters. The van der Waals surface area contributed by atoms with Gasteiger partial charge in [-0.1, -0.05) is 387 Å². The maximum atomic E-state index is 2.53. The van der Waals surface area contributed by atoms with Crippen LogP contribution in [0.1, 0.15) is 63.8 Å². The highest BCUT2D eigenvalue weighted by atomic mass is 14.3. The van der Waals surface area contributed by atoms with Crippen molar-refractivity contribution in [2.75, 3.05) is 0 Å². The van der Waals surface area contributed by atoms with Crippen LogP contribution in [0, 0.1) is 13.8 Å². The van der Waals surface area contributed by atoms with Crippen LogP contribution < -0.4 is 0 Å². The molecule has 0 fully saturated rings. The fourth-order valence-corrected chi connectivity index (χ4v) is 26.5. The molecule has 0 heterocycles. The SMILES string of the molecule is CC(C)(C)c1ccc(-c2ccc(C(C)(C)C)cc2-c2cc3cc4c(cc3c3cc5c6ccccc6c6cccc(c23)c65)c2cccc3cccc4c32)cc1.Cc1cccc(C)c1-c1cc2cc3c(cc2c2cc4c5ccccc5c5cccc(c12)c54)c1cccc2cccc3c21.c1ccc(-c2ccccc2-c2cc3cc4c(cc3c3cc5c6ccccc6c6cccc(c23)c65)c2cccc3cccc4c32)cc1. The van der Waals surface area contributed by atoms with Crippen molar-refractivity contribution in [1.82, 2.24) is 0 Å². The van der Waals surface area contributed by atoms with E-state index in [0.29, 0.717) is 0 Å². The Kier molecular flexibility index (Phi) is 16.9. The van der Waals surface area contributed by atoms with Crippen molar-refractivity contribution in [2.45, 2.75) is 66.2 Å². The van der Waals surface area contributed by atoms with Crippen molar-refractivity contribution >= 4 is 259 Å². The molecule has 0 N–H and O–H groups in total. The normalized spacial score (nSPS) is 12.6. The monoisotopic (exact) mass is 1800 g/mol. The summed E-state index contributed by atoms with van der Waals surface area (Å²) in [6.45, 7) is 18.4. The van der Waals surface area contributed by atoms with Crippen LogP contribution in [0.15, 0.2) is 425 Å². The number of aryl methyl sites for hydroxylation is 2. The fourth-order valence-electron chi connectivity index (χ4n) is 26.5. The zero-order valence-electron chi connectivity index (χ0n) is 80.4. The van der Waals surface area contributed by atoms with Gasteiger partial charge < -0.3 is 0 Å². The van der Waals surface area contributed by atoms with Crippen LogP contribution in [0.25, 0.3) is 314 Å².